The molecular weight excluding hydrogens is 416 g/mol. The quantitative estimate of drug-likeness (QED) is 0.380. The molecule has 0 amide bonds. The summed E-state index contributed by atoms with van der Waals surface area (Å²) in [4.78, 5) is 28.4. The summed E-state index contributed by atoms with van der Waals surface area (Å²) in [6.07, 6.45) is 0. The largest absolute Gasteiger partial charge is 0.568 e. The van der Waals surface area contributed by atoms with E-state index in [1.807, 2.05) is 28.2 Å². The molecule has 1 N–H and O–H groups in total. The number of carbonyl (C=O) groups excluding carboxylic acids is 1. The molecule has 3 aromatic rings. The van der Waals surface area contributed by atoms with Gasteiger partial charge in [0.1, 0.15) is 10.4 Å². The third-order valence-corrected chi connectivity index (χ3v) is 7.40. The zero-order valence-electron chi connectivity index (χ0n) is 18.9. The average Bonchev–Trinajstić information content (AvgIpc) is 2.75. The first-order valence-corrected chi connectivity index (χ1v) is 11.4. The van der Waals surface area contributed by atoms with Crippen molar-refractivity contribution in [2.75, 3.05) is 38.0 Å². The number of carbonyl (C=O) groups is 2. The molecule has 0 fully saturated rings. The van der Waals surface area contributed by atoms with E-state index in [9.17, 15) is 14.7 Å². The van der Waals surface area contributed by atoms with Crippen LogP contribution in [-0.2, 0) is 0 Å². The van der Waals surface area contributed by atoms with Crippen molar-refractivity contribution in [3.8, 4) is 0 Å². The Morgan fingerprint density at radius 3 is 1.75 bits per heavy atom. The lowest BCUT2D eigenvalue weighted by atomic mass is 9.81. The number of nitrogens with zero attached hydrogens (tertiary/aromatic N) is 2. The molecule has 0 unspecified atom stereocenters. The van der Waals surface area contributed by atoms with Gasteiger partial charge in [-0.15, -0.1) is 0 Å². The summed E-state index contributed by atoms with van der Waals surface area (Å²) in [6, 6.07) is 17.7. The summed E-state index contributed by atoms with van der Waals surface area (Å²) in [5.74, 6) is -1.31. The lowest BCUT2D eigenvalue weighted by Gasteiger charge is -2.26. The predicted molar refractivity (Wildman–Crippen MR) is 131 cm³/mol. The van der Waals surface area contributed by atoms with Crippen molar-refractivity contribution in [2.45, 2.75) is 12.8 Å². The van der Waals surface area contributed by atoms with Gasteiger partial charge in [0.25, 0.3) is 0 Å². The number of rotatable bonds is 5. The Bertz CT molecular complexity index is 1180. The van der Waals surface area contributed by atoms with Crippen molar-refractivity contribution < 1.29 is 14.7 Å². The van der Waals surface area contributed by atoms with E-state index < -0.39 is 5.97 Å². The van der Waals surface area contributed by atoms with E-state index in [-0.39, 0.29) is 17.3 Å². The highest BCUT2D eigenvalue weighted by Crippen LogP contribution is 2.36. The van der Waals surface area contributed by atoms with Gasteiger partial charge in [0.05, 0.1) is 5.56 Å². The van der Waals surface area contributed by atoms with E-state index in [0.717, 1.165) is 22.5 Å². The number of carboxylic acid groups (broad SMARTS) is 1. The summed E-state index contributed by atoms with van der Waals surface area (Å²) in [5, 5.41) is 12.4. The van der Waals surface area contributed by atoms with Crippen LogP contribution in [0.1, 0.15) is 50.2 Å². The van der Waals surface area contributed by atoms with Crippen molar-refractivity contribution in [3.63, 3.8) is 0 Å². The molecule has 0 aromatic heterocycles. The van der Waals surface area contributed by atoms with Crippen LogP contribution in [0, 0.1) is 0 Å². The molecule has 0 aliphatic carbocycles. The van der Waals surface area contributed by atoms with Gasteiger partial charge < -0.3 is 14.9 Å². The predicted octanol–water partition coefficient (Wildman–Crippen LogP) is 2.87. The molecule has 1 aliphatic rings. The standard InChI is InChI=1S/C26H26N2O3Si/c1-15(29)16-6-9-19(26(30)31)22(12-16)25-20-10-7-17(27(2)3)13-23(20)32-24-14-18(28(4)5)8-11-21(24)25/h6-14,25H,1-5H3,(H,30,31)/q+1. The number of hydrogen-bond donors (Lipinski definition) is 1. The molecule has 0 saturated carbocycles. The lowest BCUT2D eigenvalue weighted by Crippen LogP contribution is -2.41. The van der Waals surface area contributed by atoms with Gasteiger partial charge in [-0.3, -0.25) is 4.79 Å². The summed E-state index contributed by atoms with van der Waals surface area (Å²) < 4.78 is 0. The van der Waals surface area contributed by atoms with E-state index in [2.05, 4.69) is 46.2 Å². The maximum atomic E-state index is 12.2. The molecule has 3 aromatic carbocycles. The molecule has 5 nitrogen and oxygen atoms in total. The first-order valence-electron chi connectivity index (χ1n) is 10.4. The molecule has 32 heavy (non-hydrogen) atoms. The van der Waals surface area contributed by atoms with Crippen LogP contribution < -0.4 is 20.2 Å². The number of carboxylic acids is 1. The van der Waals surface area contributed by atoms with Crippen LogP contribution in [0.15, 0.2) is 54.6 Å². The molecule has 1 radical (unpaired) electrons. The van der Waals surface area contributed by atoms with Gasteiger partial charge >= 0.3 is 15.5 Å². The second kappa shape index (κ2) is 8.28. The molecule has 0 bridgehead atoms. The van der Waals surface area contributed by atoms with E-state index in [4.69, 9.17) is 0 Å². The van der Waals surface area contributed by atoms with Gasteiger partial charge in [0.2, 0.25) is 0 Å². The summed E-state index contributed by atoms with van der Waals surface area (Å²) in [5.41, 5.74) is 5.83. The topological polar surface area (TPSA) is 60.9 Å². The summed E-state index contributed by atoms with van der Waals surface area (Å²) >= 11 is 0. The van der Waals surface area contributed by atoms with Crippen LogP contribution in [0.5, 0.6) is 0 Å². The number of Topliss-reactive ketones (excluding diaryl/α,β-unsaturated/α-hetero) is 1. The molecule has 6 heteroatoms. The van der Waals surface area contributed by atoms with E-state index in [0.29, 0.717) is 20.6 Å². The molecule has 4 rings (SSSR count). The Labute approximate surface area is 191 Å². The minimum absolute atomic E-state index is 0.0766. The molecular formula is C26H26N2O3Si+. The fourth-order valence-electron chi connectivity index (χ4n) is 4.23. The van der Waals surface area contributed by atoms with Gasteiger partial charge in [0, 0.05) is 62.2 Å². The van der Waals surface area contributed by atoms with Gasteiger partial charge in [-0.1, -0.05) is 18.2 Å². The highest BCUT2D eigenvalue weighted by atomic mass is 28.2. The molecule has 0 atom stereocenters. The van der Waals surface area contributed by atoms with Crippen LogP contribution in [-0.4, -0.2) is 54.6 Å². The zero-order chi connectivity index (χ0) is 23.2. The Hall–Kier alpha value is -3.38. The summed E-state index contributed by atoms with van der Waals surface area (Å²) in [7, 11) is 8.53. The Kier molecular flexibility index (Phi) is 5.65. The smallest absolute Gasteiger partial charge is 0.478 e. The molecule has 1 aliphatic heterocycles. The molecule has 0 spiro atoms. The number of aromatic carboxylic acids is 1. The second-order valence-electron chi connectivity index (χ2n) is 8.55. The van der Waals surface area contributed by atoms with Crippen molar-refractivity contribution in [1.82, 2.24) is 0 Å². The van der Waals surface area contributed by atoms with E-state index in [1.165, 1.54) is 17.3 Å². The van der Waals surface area contributed by atoms with Crippen molar-refractivity contribution in [3.05, 3.63) is 82.4 Å². The first-order chi connectivity index (χ1) is 15.2. The van der Waals surface area contributed by atoms with Gasteiger partial charge in [-0.25, -0.2) is 4.79 Å². The van der Waals surface area contributed by atoms with Crippen molar-refractivity contribution in [1.29, 1.82) is 0 Å². The summed E-state index contributed by atoms with van der Waals surface area (Å²) in [6.45, 7) is 1.51. The molecule has 1 heterocycles. The maximum absolute atomic E-state index is 12.2. The van der Waals surface area contributed by atoms with Gasteiger partial charge in [-0.05, 0) is 48.9 Å². The van der Waals surface area contributed by atoms with E-state index in [1.54, 1.807) is 18.2 Å². The number of ketones is 1. The Morgan fingerprint density at radius 2 is 1.31 bits per heavy atom. The Balaban J connectivity index is 2.01. The minimum Gasteiger partial charge on any atom is -0.478 e. The maximum Gasteiger partial charge on any atom is 0.568 e. The SMILES string of the molecule is CC(=O)c1ccc(C(=O)O)c(C2c3ccc(N(C)C)cc3[Si+]c3cc(N(C)C)ccc32)c1. The monoisotopic (exact) mass is 442 g/mol. The third kappa shape index (κ3) is 3.82. The van der Waals surface area contributed by atoms with Gasteiger partial charge in [-0.2, -0.15) is 0 Å². The minimum atomic E-state index is -0.985. The Morgan fingerprint density at radius 1 is 0.781 bits per heavy atom. The highest BCUT2D eigenvalue weighted by Gasteiger charge is 2.40. The van der Waals surface area contributed by atoms with Crippen LogP contribution in [0.25, 0.3) is 0 Å². The van der Waals surface area contributed by atoms with Crippen LogP contribution in [0.4, 0.5) is 11.4 Å². The lowest BCUT2D eigenvalue weighted by molar-refractivity contribution is 0.0695. The van der Waals surface area contributed by atoms with E-state index >= 15 is 0 Å². The third-order valence-electron chi connectivity index (χ3n) is 6.00. The van der Waals surface area contributed by atoms with Crippen molar-refractivity contribution in [2.24, 2.45) is 0 Å². The zero-order valence-corrected chi connectivity index (χ0v) is 19.9. The highest BCUT2D eigenvalue weighted by molar-refractivity contribution is 6.69. The average molecular weight is 443 g/mol. The number of anilines is 2. The number of benzene rings is 3. The van der Waals surface area contributed by atoms with Crippen LogP contribution >= 0.6 is 0 Å². The van der Waals surface area contributed by atoms with Gasteiger partial charge in [0.15, 0.2) is 5.78 Å². The molecule has 161 valence electrons. The second-order valence-corrected chi connectivity index (χ2v) is 9.88. The number of fused-ring (bicyclic) bond motifs is 2. The first kappa shape index (κ1) is 21.8. The van der Waals surface area contributed by atoms with Crippen LogP contribution in [0.3, 0.4) is 0 Å². The van der Waals surface area contributed by atoms with Crippen molar-refractivity contribution >= 4 is 43.0 Å². The number of hydrogen-bond acceptors (Lipinski definition) is 4. The fraction of sp³-hybridized carbons (Fsp3) is 0.231. The normalized spacial score (nSPS) is 12.4. The van der Waals surface area contributed by atoms with Crippen LogP contribution in [0.2, 0.25) is 0 Å². The fourth-order valence-corrected chi connectivity index (χ4v) is 5.70. The molecule has 0 saturated heterocycles.